The molecule has 7 rings (SSSR count). The van der Waals surface area contributed by atoms with Crippen LogP contribution < -0.4 is 4.90 Å². The van der Waals surface area contributed by atoms with E-state index in [2.05, 4.69) is 0 Å². The molecule has 236 valence electrons. The van der Waals surface area contributed by atoms with E-state index in [0.29, 0.717) is 62.8 Å². The Morgan fingerprint density at radius 3 is 2.26 bits per heavy atom. The summed E-state index contributed by atoms with van der Waals surface area (Å²) in [6.45, 7) is 3.32. The number of fused-ring (bicyclic) bond motifs is 2. The van der Waals surface area contributed by atoms with Gasteiger partial charge in [-0.15, -0.1) is 0 Å². The molecule has 2 fully saturated rings. The highest BCUT2D eigenvalue weighted by molar-refractivity contribution is 6.09. The first-order valence-electron chi connectivity index (χ1n) is 15.8. The van der Waals surface area contributed by atoms with Crippen LogP contribution in [0, 0.1) is 0 Å². The average Bonchev–Trinajstić information content (AvgIpc) is 3.74. The molecule has 2 saturated heterocycles. The molecule has 4 heterocycles. The number of likely N-dealkylation sites (N-methyl/N-ethyl adjacent to an activating group) is 1. The molecular weight excluding hydrogens is 584 g/mol. The first-order chi connectivity index (χ1) is 22.4. The van der Waals surface area contributed by atoms with Crippen molar-refractivity contribution in [2.75, 3.05) is 51.3 Å². The second kappa shape index (κ2) is 12.4. The fourth-order valence-electron chi connectivity index (χ4n) is 6.53. The van der Waals surface area contributed by atoms with Crippen molar-refractivity contribution in [3.63, 3.8) is 0 Å². The van der Waals surface area contributed by atoms with Gasteiger partial charge in [0.25, 0.3) is 17.7 Å². The number of nitrogens with zero attached hydrogens (tertiary/aromatic N) is 6. The van der Waals surface area contributed by atoms with Crippen LogP contribution in [-0.4, -0.2) is 101 Å². The molecule has 0 aliphatic carbocycles. The van der Waals surface area contributed by atoms with Crippen molar-refractivity contribution in [1.29, 1.82) is 0 Å². The number of rotatable bonds is 6. The molecule has 3 aliphatic heterocycles. The summed E-state index contributed by atoms with van der Waals surface area (Å²) in [5.74, 6) is -0.421. The Morgan fingerprint density at radius 1 is 0.848 bits per heavy atom. The molecule has 11 nitrogen and oxygen atoms in total. The molecule has 1 unspecified atom stereocenters. The summed E-state index contributed by atoms with van der Waals surface area (Å²) < 4.78 is 7.42. The number of carbonyl (C=O) groups excluding carboxylic acids is 4. The van der Waals surface area contributed by atoms with Gasteiger partial charge in [0.1, 0.15) is 12.6 Å². The van der Waals surface area contributed by atoms with Gasteiger partial charge < -0.3 is 24.3 Å². The highest BCUT2D eigenvalue weighted by atomic mass is 16.5. The Balaban J connectivity index is 1.05. The fraction of sp³-hybridized carbons (Fsp3) is 0.343. The molecule has 3 aliphatic rings. The third-order valence-electron chi connectivity index (χ3n) is 9.09. The Morgan fingerprint density at radius 2 is 1.52 bits per heavy atom. The number of aromatic nitrogens is 2. The molecule has 0 radical (unpaired) electrons. The lowest BCUT2D eigenvalue weighted by molar-refractivity contribution is -0.142. The summed E-state index contributed by atoms with van der Waals surface area (Å²) in [7, 11) is 1.64. The number of ether oxygens (including phenoxy) is 1. The summed E-state index contributed by atoms with van der Waals surface area (Å²) in [5, 5.41) is 5.58. The zero-order valence-corrected chi connectivity index (χ0v) is 25.8. The van der Waals surface area contributed by atoms with Crippen LogP contribution >= 0.6 is 0 Å². The molecule has 0 spiro atoms. The number of hydrogen-bond donors (Lipinski definition) is 0. The second-order valence-corrected chi connectivity index (χ2v) is 12.1. The van der Waals surface area contributed by atoms with E-state index >= 15 is 0 Å². The number of amides is 4. The molecule has 4 aromatic rings. The molecule has 0 bridgehead atoms. The number of piperazine rings is 1. The van der Waals surface area contributed by atoms with E-state index in [0.717, 1.165) is 34.9 Å². The van der Waals surface area contributed by atoms with Crippen LogP contribution in [-0.2, 0) is 27.4 Å². The minimum atomic E-state index is -0.350. The maximum atomic E-state index is 13.7. The summed E-state index contributed by atoms with van der Waals surface area (Å²) in [5.41, 5.74) is 4.32. The molecule has 1 atom stereocenters. The van der Waals surface area contributed by atoms with Gasteiger partial charge in [-0.05, 0) is 42.2 Å². The maximum absolute atomic E-state index is 13.7. The van der Waals surface area contributed by atoms with Crippen molar-refractivity contribution in [3.8, 4) is 0 Å². The zero-order valence-electron chi connectivity index (χ0n) is 25.8. The SMILES string of the molecule is CN1CC(=O)N(Cc2ccc(Cn3nc(C(=O)N4CCN(C(=O)C5CCCO5)CC4)c4ccccc43)cc2)c2ccccc2C1=O. The number of para-hydroxylation sites is 2. The van der Waals surface area contributed by atoms with E-state index in [1.165, 1.54) is 4.90 Å². The van der Waals surface area contributed by atoms with Gasteiger partial charge in [-0.25, -0.2) is 0 Å². The summed E-state index contributed by atoms with van der Waals surface area (Å²) >= 11 is 0. The summed E-state index contributed by atoms with van der Waals surface area (Å²) in [6, 6.07) is 22.9. The van der Waals surface area contributed by atoms with Crippen molar-refractivity contribution < 1.29 is 23.9 Å². The predicted octanol–water partition coefficient (Wildman–Crippen LogP) is 3.17. The van der Waals surface area contributed by atoms with Crippen LogP contribution in [0.2, 0.25) is 0 Å². The third kappa shape index (κ3) is 5.62. The van der Waals surface area contributed by atoms with Crippen molar-refractivity contribution in [3.05, 3.63) is 95.2 Å². The lowest BCUT2D eigenvalue weighted by Gasteiger charge is -2.35. The van der Waals surface area contributed by atoms with E-state index in [1.807, 2.05) is 65.3 Å². The topological polar surface area (TPSA) is 108 Å². The fourth-order valence-corrected chi connectivity index (χ4v) is 6.53. The van der Waals surface area contributed by atoms with E-state index in [9.17, 15) is 19.2 Å². The maximum Gasteiger partial charge on any atom is 0.275 e. The van der Waals surface area contributed by atoms with E-state index in [4.69, 9.17) is 9.84 Å². The van der Waals surface area contributed by atoms with Crippen molar-refractivity contribution in [1.82, 2.24) is 24.5 Å². The molecule has 11 heteroatoms. The minimum absolute atomic E-state index is 0.0161. The van der Waals surface area contributed by atoms with E-state index in [-0.39, 0.29) is 36.3 Å². The van der Waals surface area contributed by atoms with Gasteiger partial charge >= 0.3 is 0 Å². The minimum Gasteiger partial charge on any atom is -0.368 e. The summed E-state index contributed by atoms with van der Waals surface area (Å²) in [6.07, 6.45) is 1.32. The van der Waals surface area contributed by atoms with Crippen molar-refractivity contribution in [2.24, 2.45) is 0 Å². The number of anilines is 1. The monoisotopic (exact) mass is 620 g/mol. The van der Waals surface area contributed by atoms with E-state index in [1.54, 1.807) is 33.9 Å². The van der Waals surface area contributed by atoms with Crippen LogP contribution in [0.25, 0.3) is 10.9 Å². The highest BCUT2D eigenvalue weighted by Gasteiger charge is 2.33. The lowest BCUT2D eigenvalue weighted by atomic mass is 10.1. The first kappa shape index (κ1) is 29.7. The molecule has 0 saturated carbocycles. The molecular formula is C35H36N6O5. The van der Waals surface area contributed by atoms with Gasteiger partial charge in [-0.2, -0.15) is 5.10 Å². The van der Waals surface area contributed by atoms with Crippen LogP contribution in [0.15, 0.2) is 72.8 Å². The second-order valence-electron chi connectivity index (χ2n) is 12.1. The first-order valence-corrected chi connectivity index (χ1v) is 15.8. The smallest absolute Gasteiger partial charge is 0.275 e. The largest absolute Gasteiger partial charge is 0.368 e. The predicted molar refractivity (Wildman–Crippen MR) is 171 cm³/mol. The molecule has 46 heavy (non-hydrogen) atoms. The van der Waals surface area contributed by atoms with Crippen LogP contribution in [0.3, 0.4) is 0 Å². The third-order valence-corrected chi connectivity index (χ3v) is 9.09. The molecule has 3 aromatic carbocycles. The number of hydrogen-bond acceptors (Lipinski definition) is 6. The molecule has 4 amide bonds. The van der Waals surface area contributed by atoms with Gasteiger partial charge in [-0.3, -0.25) is 23.9 Å². The van der Waals surface area contributed by atoms with Gasteiger partial charge in [0, 0.05) is 45.2 Å². The zero-order chi connectivity index (χ0) is 31.8. The Labute approximate surface area is 266 Å². The van der Waals surface area contributed by atoms with Gasteiger partial charge in [0.15, 0.2) is 5.69 Å². The number of benzene rings is 3. The lowest BCUT2D eigenvalue weighted by Crippen LogP contribution is -2.52. The van der Waals surface area contributed by atoms with Gasteiger partial charge in [-0.1, -0.05) is 54.6 Å². The van der Waals surface area contributed by atoms with Crippen LogP contribution in [0.1, 0.15) is 44.8 Å². The molecule has 1 aromatic heterocycles. The van der Waals surface area contributed by atoms with Gasteiger partial charge in [0.2, 0.25) is 5.91 Å². The molecule has 0 N–H and O–H groups in total. The quantitative estimate of drug-likeness (QED) is 0.328. The Hall–Kier alpha value is -5.03. The van der Waals surface area contributed by atoms with Gasteiger partial charge in [0.05, 0.1) is 29.9 Å². The van der Waals surface area contributed by atoms with Crippen LogP contribution in [0.5, 0.6) is 0 Å². The normalized spacial score (nSPS) is 18.7. The van der Waals surface area contributed by atoms with Crippen molar-refractivity contribution >= 4 is 40.2 Å². The highest BCUT2D eigenvalue weighted by Crippen LogP contribution is 2.27. The van der Waals surface area contributed by atoms with Crippen LogP contribution in [0.4, 0.5) is 5.69 Å². The standard InChI is InChI=1S/C35H36N6O5/c1-37-23-31(42)40(28-9-4-3-8-27(28)33(37)43)21-24-12-14-25(15-13-24)22-41-29-10-5-2-7-26(29)32(36-41)35(45)39-18-16-38(17-19-39)34(44)30-11-6-20-46-30/h2-5,7-10,12-15,30H,6,11,16-23H2,1H3. The summed E-state index contributed by atoms with van der Waals surface area (Å²) in [4.78, 5) is 59.1. The van der Waals surface area contributed by atoms with Crippen molar-refractivity contribution in [2.45, 2.75) is 32.0 Å². The van der Waals surface area contributed by atoms with E-state index < -0.39 is 0 Å². The number of carbonyl (C=O) groups is 4. The Bertz CT molecular complexity index is 1800. The Kier molecular flexibility index (Phi) is 8.00. The average molecular weight is 621 g/mol.